The summed E-state index contributed by atoms with van der Waals surface area (Å²) in [6.07, 6.45) is 7.05. The Hall–Kier alpha value is -1.69. The average Bonchev–Trinajstić information content (AvgIpc) is 2.97. The molecule has 3 rings (SSSR count). The van der Waals surface area contributed by atoms with Crippen LogP contribution < -0.4 is 5.32 Å². The molecule has 0 saturated carbocycles. The third-order valence-corrected chi connectivity index (χ3v) is 4.49. The summed E-state index contributed by atoms with van der Waals surface area (Å²) in [5.41, 5.74) is 1.85. The molecule has 1 N–H and O–H groups in total. The molecule has 1 aliphatic rings. The zero-order valence-corrected chi connectivity index (χ0v) is 12.3. The Balaban J connectivity index is 1.74. The van der Waals surface area contributed by atoms with Crippen molar-refractivity contribution in [1.29, 1.82) is 0 Å². The number of aryl methyl sites for hydroxylation is 3. The van der Waals surface area contributed by atoms with Gasteiger partial charge in [-0.25, -0.2) is 4.98 Å². The Labute approximate surface area is 121 Å². The molecule has 0 radical (unpaired) electrons. The first-order valence-electron chi connectivity index (χ1n) is 6.95. The molecule has 1 aliphatic carbocycles. The second kappa shape index (κ2) is 5.75. The van der Waals surface area contributed by atoms with Crippen molar-refractivity contribution in [1.82, 2.24) is 10.1 Å². The lowest BCUT2D eigenvalue weighted by molar-refractivity contribution is 0.0988. The Morgan fingerprint density at radius 2 is 2.10 bits per heavy atom. The fraction of sp³-hybridized carbons (Fsp3) is 0.500. The van der Waals surface area contributed by atoms with Crippen molar-refractivity contribution in [3.63, 3.8) is 0 Å². The summed E-state index contributed by atoms with van der Waals surface area (Å²) >= 11 is 1.58. The molecule has 2 heterocycles. The van der Waals surface area contributed by atoms with E-state index in [9.17, 15) is 4.79 Å². The fourth-order valence-electron chi connectivity index (χ4n) is 2.39. The molecular formula is C14H17N3O2S. The maximum absolute atomic E-state index is 12.0. The molecule has 2 aromatic heterocycles. The van der Waals surface area contributed by atoms with Gasteiger partial charge < -0.3 is 4.52 Å². The van der Waals surface area contributed by atoms with Crippen LogP contribution in [0.25, 0.3) is 0 Å². The number of thiazole rings is 1. The standard InChI is InChI=1S/C14H17N3O2S/c1-9-8-11(19-17-9)13(18)16-14-15-10-6-4-2-3-5-7-12(10)20-14/h8H,2-7H2,1H3,(H,15,16,18). The minimum Gasteiger partial charge on any atom is -0.351 e. The predicted octanol–water partition coefficient (Wildman–Crippen LogP) is 3.35. The molecule has 0 atom stereocenters. The Morgan fingerprint density at radius 3 is 2.85 bits per heavy atom. The molecule has 6 heteroatoms. The van der Waals surface area contributed by atoms with Gasteiger partial charge in [0, 0.05) is 10.9 Å². The summed E-state index contributed by atoms with van der Waals surface area (Å²) in [6, 6.07) is 1.62. The van der Waals surface area contributed by atoms with E-state index in [0.717, 1.165) is 18.5 Å². The number of rotatable bonds is 2. The van der Waals surface area contributed by atoms with Crippen LogP contribution in [0.5, 0.6) is 0 Å². The lowest BCUT2D eigenvalue weighted by Crippen LogP contribution is -2.10. The molecule has 0 spiro atoms. The van der Waals surface area contributed by atoms with E-state index >= 15 is 0 Å². The van der Waals surface area contributed by atoms with Crippen molar-refractivity contribution >= 4 is 22.4 Å². The summed E-state index contributed by atoms with van der Waals surface area (Å²) in [4.78, 5) is 17.9. The van der Waals surface area contributed by atoms with Gasteiger partial charge >= 0.3 is 0 Å². The van der Waals surface area contributed by atoms with Crippen molar-refractivity contribution in [3.05, 3.63) is 28.1 Å². The van der Waals surface area contributed by atoms with Crippen LogP contribution in [0.3, 0.4) is 0 Å². The highest BCUT2D eigenvalue weighted by molar-refractivity contribution is 7.15. The Bertz CT molecular complexity index is 592. The molecule has 20 heavy (non-hydrogen) atoms. The van der Waals surface area contributed by atoms with Gasteiger partial charge in [0.1, 0.15) is 0 Å². The molecule has 0 fully saturated rings. The number of hydrogen-bond donors (Lipinski definition) is 1. The van der Waals surface area contributed by atoms with Crippen LogP contribution in [0.15, 0.2) is 10.6 Å². The monoisotopic (exact) mass is 291 g/mol. The summed E-state index contributed by atoms with van der Waals surface area (Å²) in [6.45, 7) is 1.79. The van der Waals surface area contributed by atoms with Gasteiger partial charge in [0.25, 0.3) is 5.91 Å². The average molecular weight is 291 g/mol. The van der Waals surface area contributed by atoms with E-state index < -0.39 is 0 Å². The van der Waals surface area contributed by atoms with Crippen molar-refractivity contribution in [2.75, 3.05) is 5.32 Å². The molecule has 0 saturated heterocycles. The van der Waals surface area contributed by atoms with Gasteiger partial charge in [0.15, 0.2) is 5.13 Å². The lowest BCUT2D eigenvalue weighted by atomic mass is 10.0. The van der Waals surface area contributed by atoms with Gasteiger partial charge in [-0.2, -0.15) is 0 Å². The number of aromatic nitrogens is 2. The number of fused-ring (bicyclic) bond motifs is 1. The number of amides is 1. The highest BCUT2D eigenvalue weighted by Gasteiger charge is 2.17. The minimum absolute atomic E-state index is 0.227. The van der Waals surface area contributed by atoms with E-state index in [1.807, 2.05) is 0 Å². The number of carbonyl (C=O) groups excluding carboxylic acids is 1. The SMILES string of the molecule is Cc1cc(C(=O)Nc2nc3c(s2)CCCCCC3)on1. The van der Waals surface area contributed by atoms with Gasteiger partial charge in [-0.15, -0.1) is 11.3 Å². The molecular weight excluding hydrogens is 274 g/mol. The quantitative estimate of drug-likeness (QED) is 0.921. The van der Waals surface area contributed by atoms with E-state index in [2.05, 4.69) is 15.5 Å². The Kier molecular flexibility index (Phi) is 3.82. The smallest absolute Gasteiger partial charge is 0.296 e. The van der Waals surface area contributed by atoms with Crippen LogP contribution in [0.2, 0.25) is 0 Å². The molecule has 2 aromatic rings. The molecule has 1 amide bonds. The van der Waals surface area contributed by atoms with Crippen molar-refractivity contribution < 1.29 is 9.32 Å². The predicted molar refractivity (Wildman–Crippen MR) is 77.2 cm³/mol. The summed E-state index contributed by atoms with van der Waals surface area (Å²) in [5, 5.41) is 7.18. The number of anilines is 1. The van der Waals surface area contributed by atoms with E-state index in [1.54, 1.807) is 24.3 Å². The maximum atomic E-state index is 12.0. The molecule has 0 bridgehead atoms. The van der Waals surface area contributed by atoms with Gasteiger partial charge in [-0.1, -0.05) is 18.0 Å². The van der Waals surface area contributed by atoms with Gasteiger partial charge in [0.2, 0.25) is 5.76 Å². The number of nitrogens with zero attached hydrogens (tertiary/aromatic N) is 2. The van der Waals surface area contributed by atoms with Gasteiger partial charge in [-0.3, -0.25) is 10.1 Å². The van der Waals surface area contributed by atoms with Crippen LogP contribution in [-0.2, 0) is 12.8 Å². The molecule has 106 valence electrons. The fourth-order valence-corrected chi connectivity index (χ4v) is 3.43. The summed E-state index contributed by atoms with van der Waals surface area (Å²) in [5.74, 6) is -0.0579. The number of nitrogens with one attached hydrogen (secondary N) is 1. The highest BCUT2D eigenvalue weighted by Crippen LogP contribution is 2.28. The van der Waals surface area contributed by atoms with Crippen LogP contribution in [-0.4, -0.2) is 16.0 Å². The first kappa shape index (κ1) is 13.3. The largest absolute Gasteiger partial charge is 0.351 e. The molecule has 5 nitrogen and oxygen atoms in total. The second-order valence-electron chi connectivity index (χ2n) is 5.09. The Morgan fingerprint density at radius 1 is 1.30 bits per heavy atom. The van der Waals surface area contributed by atoms with Crippen LogP contribution in [0.4, 0.5) is 5.13 Å². The summed E-state index contributed by atoms with van der Waals surface area (Å²) in [7, 11) is 0. The topological polar surface area (TPSA) is 68.0 Å². The highest BCUT2D eigenvalue weighted by atomic mass is 32.1. The lowest BCUT2D eigenvalue weighted by Gasteiger charge is -2.06. The van der Waals surface area contributed by atoms with Crippen LogP contribution in [0, 0.1) is 6.92 Å². The van der Waals surface area contributed by atoms with Gasteiger partial charge in [0.05, 0.1) is 11.4 Å². The second-order valence-corrected chi connectivity index (χ2v) is 6.17. The van der Waals surface area contributed by atoms with Crippen molar-refractivity contribution in [2.24, 2.45) is 0 Å². The van der Waals surface area contributed by atoms with E-state index in [1.165, 1.54) is 30.6 Å². The first-order chi connectivity index (χ1) is 9.72. The number of hydrogen-bond acceptors (Lipinski definition) is 5. The minimum atomic E-state index is -0.285. The normalized spacial score (nSPS) is 15.2. The van der Waals surface area contributed by atoms with E-state index in [-0.39, 0.29) is 11.7 Å². The maximum Gasteiger partial charge on any atom is 0.296 e. The molecule has 0 aliphatic heterocycles. The van der Waals surface area contributed by atoms with E-state index in [4.69, 9.17) is 4.52 Å². The van der Waals surface area contributed by atoms with Crippen LogP contribution in [0.1, 0.15) is 52.5 Å². The summed E-state index contributed by atoms with van der Waals surface area (Å²) < 4.78 is 4.96. The van der Waals surface area contributed by atoms with Crippen molar-refractivity contribution in [2.45, 2.75) is 45.4 Å². The first-order valence-corrected chi connectivity index (χ1v) is 7.77. The number of carbonyl (C=O) groups is 1. The van der Waals surface area contributed by atoms with Crippen molar-refractivity contribution in [3.8, 4) is 0 Å². The molecule has 0 aromatic carbocycles. The molecule has 0 unspecified atom stereocenters. The zero-order chi connectivity index (χ0) is 13.9. The van der Waals surface area contributed by atoms with Gasteiger partial charge in [-0.05, 0) is 32.6 Å². The third kappa shape index (κ3) is 2.90. The van der Waals surface area contributed by atoms with Crippen LogP contribution >= 0.6 is 11.3 Å². The zero-order valence-electron chi connectivity index (χ0n) is 11.4. The van der Waals surface area contributed by atoms with E-state index in [0.29, 0.717) is 10.8 Å². The third-order valence-electron chi connectivity index (χ3n) is 3.42.